The monoisotopic (exact) mass is 588 g/mol. The van der Waals surface area contributed by atoms with Crippen molar-refractivity contribution < 1.29 is 36.2 Å². The maximum Gasteiger partial charge on any atom is 0.417 e. The minimum Gasteiger partial charge on any atom is -0.489 e. The lowest BCUT2D eigenvalue weighted by Gasteiger charge is -2.16. The number of ether oxygens (including phenoxy) is 1. The molecule has 1 N–H and O–H groups in total. The maximum atomic E-state index is 13.6. The fourth-order valence-electron chi connectivity index (χ4n) is 4.43. The molecular formula is C29H27F3N2O6S. The Morgan fingerprint density at radius 1 is 1.07 bits per heavy atom. The standard InChI is InChI=1S/C29H27F3N2O6S/c1-3-4-8-25-33-24-14-13-21(41(2,38)39)15-23(24)27(35)34(25)16-18-9-11-20(12-10-18)40-17-19-6-5-7-22(28(36)37)26(19)29(30,31)32/h5-7,9-15H,3-4,8,16-17H2,1-2H3,(H,36,37). The van der Waals surface area contributed by atoms with Gasteiger partial charge in [-0.1, -0.05) is 37.6 Å². The van der Waals surface area contributed by atoms with Gasteiger partial charge in [0.1, 0.15) is 18.2 Å². The summed E-state index contributed by atoms with van der Waals surface area (Å²) in [5.41, 5.74) is -1.73. The number of nitrogens with zero attached hydrogens (tertiary/aromatic N) is 2. The van der Waals surface area contributed by atoms with Crippen LogP contribution in [0, 0.1) is 0 Å². The van der Waals surface area contributed by atoms with Crippen molar-refractivity contribution in [3.8, 4) is 5.75 Å². The summed E-state index contributed by atoms with van der Waals surface area (Å²) < 4.78 is 71.9. The summed E-state index contributed by atoms with van der Waals surface area (Å²) in [6.45, 7) is 1.63. The fraction of sp³-hybridized carbons (Fsp3) is 0.276. The summed E-state index contributed by atoms with van der Waals surface area (Å²) >= 11 is 0. The molecule has 4 rings (SSSR count). The van der Waals surface area contributed by atoms with Crippen molar-refractivity contribution in [1.29, 1.82) is 0 Å². The number of unbranched alkanes of at least 4 members (excludes halogenated alkanes) is 1. The van der Waals surface area contributed by atoms with Gasteiger partial charge in [0.15, 0.2) is 9.84 Å². The van der Waals surface area contributed by atoms with Crippen molar-refractivity contribution in [1.82, 2.24) is 9.55 Å². The molecular weight excluding hydrogens is 561 g/mol. The number of carboxylic acid groups (broad SMARTS) is 1. The number of rotatable bonds is 10. The molecule has 4 aromatic rings. The minimum atomic E-state index is -4.88. The van der Waals surface area contributed by atoms with Crippen LogP contribution in [-0.4, -0.2) is 35.3 Å². The average molecular weight is 589 g/mol. The number of hydrogen-bond acceptors (Lipinski definition) is 6. The van der Waals surface area contributed by atoms with E-state index in [-0.39, 0.29) is 33.7 Å². The smallest absolute Gasteiger partial charge is 0.417 e. The van der Waals surface area contributed by atoms with Crippen molar-refractivity contribution in [2.75, 3.05) is 6.26 Å². The second kappa shape index (κ2) is 11.7. The molecule has 0 aliphatic rings. The maximum absolute atomic E-state index is 13.6. The molecule has 41 heavy (non-hydrogen) atoms. The summed E-state index contributed by atoms with van der Waals surface area (Å²) in [7, 11) is -3.54. The van der Waals surface area contributed by atoms with Gasteiger partial charge in [0.2, 0.25) is 0 Å². The molecule has 3 aromatic carbocycles. The molecule has 8 nitrogen and oxygen atoms in total. The lowest BCUT2D eigenvalue weighted by Crippen LogP contribution is -2.26. The van der Waals surface area contributed by atoms with Gasteiger partial charge in [-0.15, -0.1) is 0 Å². The number of hydrogen-bond donors (Lipinski definition) is 1. The first-order valence-electron chi connectivity index (χ1n) is 12.7. The van der Waals surface area contributed by atoms with Gasteiger partial charge in [0, 0.05) is 18.2 Å². The summed E-state index contributed by atoms with van der Waals surface area (Å²) in [4.78, 5) is 29.5. The van der Waals surface area contributed by atoms with Crippen LogP contribution in [0.25, 0.3) is 10.9 Å². The van der Waals surface area contributed by atoms with E-state index in [2.05, 4.69) is 4.98 Å². The first kappa shape index (κ1) is 29.8. The zero-order chi connectivity index (χ0) is 29.9. The molecule has 1 aromatic heterocycles. The van der Waals surface area contributed by atoms with Gasteiger partial charge >= 0.3 is 12.1 Å². The second-order valence-corrected chi connectivity index (χ2v) is 11.6. The summed E-state index contributed by atoms with van der Waals surface area (Å²) in [5, 5.41) is 9.37. The molecule has 0 spiro atoms. The molecule has 0 aliphatic carbocycles. The highest BCUT2D eigenvalue weighted by Gasteiger charge is 2.38. The quantitative estimate of drug-likeness (QED) is 0.261. The van der Waals surface area contributed by atoms with Crippen LogP contribution in [0.3, 0.4) is 0 Å². The molecule has 0 unspecified atom stereocenters. The molecule has 0 fully saturated rings. The van der Waals surface area contributed by atoms with E-state index in [0.717, 1.165) is 31.2 Å². The van der Waals surface area contributed by atoms with E-state index in [9.17, 15) is 36.3 Å². The van der Waals surface area contributed by atoms with Crippen LogP contribution in [-0.2, 0) is 35.6 Å². The van der Waals surface area contributed by atoms with E-state index in [1.54, 1.807) is 12.1 Å². The number of aromatic carboxylic acids is 1. The molecule has 0 saturated heterocycles. The Kier molecular flexibility index (Phi) is 8.52. The molecule has 0 atom stereocenters. The van der Waals surface area contributed by atoms with E-state index < -0.39 is 39.7 Å². The molecule has 12 heteroatoms. The van der Waals surface area contributed by atoms with Gasteiger partial charge in [-0.05, 0) is 48.4 Å². The van der Waals surface area contributed by atoms with Crippen LogP contribution in [0.2, 0.25) is 0 Å². The van der Waals surface area contributed by atoms with E-state index >= 15 is 0 Å². The highest BCUT2D eigenvalue weighted by Crippen LogP contribution is 2.35. The number of carboxylic acids is 1. The van der Waals surface area contributed by atoms with E-state index in [1.807, 2.05) is 6.92 Å². The van der Waals surface area contributed by atoms with Crippen LogP contribution >= 0.6 is 0 Å². The van der Waals surface area contributed by atoms with Crippen molar-refractivity contribution in [3.05, 3.63) is 99.1 Å². The van der Waals surface area contributed by atoms with Gasteiger partial charge in [-0.2, -0.15) is 13.2 Å². The number of alkyl halides is 3. The molecule has 0 saturated carbocycles. The third kappa shape index (κ3) is 6.76. The van der Waals surface area contributed by atoms with Crippen LogP contribution < -0.4 is 10.3 Å². The molecule has 0 bridgehead atoms. The van der Waals surface area contributed by atoms with Crippen LogP contribution in [0.5, 0.6) is 5.75 Å². The summed E-state index contributed by atoms with van der Waals surface area (Å²) in [5.74, 6) is -0.891. The predicted octanol–water partition coefficient (Wildman–Crippen LogP) is 5.49. The predicted molar refractivity (Wildman–Crippen MR) is 146 cm³/mol. The van der Waals surface area contributed by atoms with Crippen LogP contribution in [0.1, 0.15) is 52.6 Å². The Hall–Kier alpha value is -4.19. The first-order chi connectivity index (χ1) is 19.3. The van der Waals surface area contributed by atoms with Crippen molar-refractivity contribution in [3.63, 3.8) is 0 Å². The number of aryl methyl sites for hydroxylation is 1. The summed E-state index contributed by atoms with van der Waals surface area (Å²) in [6, 6.07) is 13.9. The van der Waals surface area contributed by atoms with Gasteiger partial charge in [0.25, 0.3) is 5.56 Å². The third-order valence-corrected chi connectivity index (χ3v) is 7.62. The van der Waals surface area contributed by atoms with E-state index in [4.69, 9.17) is 4.74 Å². The lowest BCUT2D eigenvalue weighted by atomic mass is 10.0. The normalized spacial score (nSPS) is 12.0. The Morgan fingerprint density at radius 3 is 2.39 bits per heavy atom. The number of carbonyl (C=O) groups is 1. The van der Waals surface area contributed by atoms with Crippen LogP contribution in [0.4, 0.5) is 13.2 Å². The van der Waals surface area contributed by atoms with Gasteiger partial charge < -0.3 is 9.84 Å². The number of halogens is 3. The zero-order valence-corrected chi connectivity index (χ0v) is 23.1. The molecule has 0 radical (unpaired) electrons. The van der Waals surface area contributed by atoms with Gasteiger partial charge in [0.05, 0.1) is 33.5 Å². The summed E-state index contributed by atoms with van der Waals surface area (Å²) in [6.07, 6.45) is -1.62. The SMILES string of the molecule is CCCCc1nc2ccc(S(C)(=O)=O)cc2c(=O)n1Cc1ccc(OCc2cccc(C(=O)O)c2C(F)(F)F)cc1. The largest absolute Gasteiger partial charge is 0.489 e. The number of fused-ring (bicyclic) bond motifs is 1. The van der Waals surface area contributed by atoms with Crippen molar-refractivity contribution in [2.45, 2.75) is 50.4 Å². The Bertz CT molecular complexity index is 1760. The molecule has 0 amide bonds. The molecule has 1 heterocycles. The van der Waals surface area contributed by atoms with E-state index in [1.165, 1.54) is 41.0 Å². The average Bonchev–Trinajstić information content (AvgIpc) is 2.91. The third-order valence-electron chi connectivity index (χ3n) is 6.51. The van der Waals surface area contributed by atoms with Crippen molar-refractivity contribution >= 4 is 26.7 Å². The Morgan fingerprint density at radius 2 is 1.78 bits per heavy atom. The fourth-order valence-corrected chi connectivity index (χ4v) is 5.08. The lowest BCUT2D eigenvalue weighted by molar-refractivity contribution is -0.139. The number of aromatic nitrogens is 2. The zero-order valence-electron chi connectivity index (χ0n) is 22.2. The first-order valence-corrected chi connectivity index (χ1v) is 14.6. The Labute approximate surface area is 234 Å². The van der Waals surface area contributed by atoms with Crippen LogP contribution in [0.15, 0.2) is 70.4 Å². The highest BCUT2D eigenvalue weighted by molar-refractivity contribution is 7.90. The minimum absolute atomic E-state index is 0.0147. The molecule has 0 aliphatic heterocycles. The van der Waals surface area contributed by atoms with Gasteiger partial charge in [-0.25, -0.2) is 18.2 Å². The highest BCUT2D eigenvalue weighted by atomic mass is 32.2. The van der Waals surface area contributed by atoms with E-state index in [0.29, 0.717) is 23.3 Å². The van der Waals surface area contributed by atoms with Gasteiger partial charge in [-0.3, -0.25) is 9.36 Å². The molecule has 216 valence electrons. The Balaban J connectivity index is 1.62. The topological polar surface area (TPSA) is 116 Å². The number of benzene rings is 3. The number of sulfone groups is 1. The second-order valence-electron chi connectivity index (χ2n) is 9.55. The van der Waals surface area contributed by atoms with Crippen molar-refractivity contribution in [2.24, 2.45) is 0 Å².